The largest absolute Gasteiger partial charge is 0.298 e. The van der Waals surface area contributed by atoms with Crippen LogP contribution in [0.5, 0.6) is 0 Å². The Morgan fingerprint density at radius 2 is 2.30 bits per heavy atom. The number of piperidine rings is 1. The summed E-state index contributed by atoms with van der Waals surface area (Å²) in [5, 5.41) is 8.01. The van der Waals surface area contributed by atoms with E-state index in [4.69, 9.17) is 0 Å². The lowest BCUT2D eigenvalue weighted by Gasteiger charge is -2.35. The first-order valence-corrected chi connectivity index (χ1v) is 7.05. The molecule has 0 radical (unpaired) electrons. The van der Waals surface area contributed by atoms with Crippen molar-refractivity contribution in [3.05, 3.63) is 29.5 Å². The van der Waals surface area contributed by atoms with Crippen molar-refractivity contribution in [2.45, 2.75) is 25.4 Å². The number of aromatic nitrogens is 2. The maximum Gasteiger partial charge on any atom is 0.120 e. The van der Waals surface area contributed by atoms with E-state index in [0.29, 0.717) is 13.1 Å². The number of likely N-dealkylation sites (tertiary alicyclic amines) is 1. The smallest absolute Gasteiger partial charge is 0.120 e. The molecule has 2 aromatic rings. The summed E-state index contributed by atoms with van der Waals surface area (Å²) in [6, 6.07) is 4.06. The molecule has 1 N–H and O–H groups in total. The van der Waals surface area contributed by atoms with Gasteiger partial charge in [-0.15, -0.1) is 0 Å². The van der Waals surface area contributed by atoms with Gasteiger partial charge in [-0.05, 0) is 43.1 Å². The van der Waals surface area contributed by atoms with Crippen molar-refractivity contribution >= 4 is 10.9 Å². The summed E-state index contributed by atoms with van der Waals surface area (Å²) in [5.41, 5.74) is 3.10. The van der Waals surface area contributed by atoms with Gasteiger partial charge in [0.05, 0.1) is 11.7 Å². The first-order valence-electron chi connectivity index (χ1n) is 7.05. The summed E-state index contributed by atoms with van der Waals surface area (Å²) < 4.78 is 26.8. The van der Waals surface area contributed by atoms with Gasteiger partial charge >= 0.3 is 0 Å². The number of hydrogen-bond donors (Lipinski definition) is 1. The van der Waals surface area contributed by atoms with Crippen LogP contribution in [0.4, 0.5) is 8.78 Å². The quantitative estimate of drug-likeness (QED) is 0.936. The van der Waals surface area contributed by atoms with Gasteiger partial charge < -0.3 is 0 Å². The number of nitrogens with one attached hydrogen (secondary N) is 1. The van der Waals surface area contributed by atoms with Gasteiger partial charge in [0.15, 0.2) is 0 Å². The summed E-state index contributed by atoms with van der Waals surface area (Å²) >= 11 is 0. The summed E-state index contributed by atoms with van der Waals surface area (Å²) in [4.78, 5) is 1.87. The zero-order valence-electron chi connectivity index (χ0n) is 11.6. The lowest BCUT2D eigenvalue weighted by molar-refractivity contribution is 0.112. The van der Waals surface area contributed by atoms with Crippen LogP contribution in [0.3, 0.4) is 0 Å². The minimum atomic E-state index is -0.936. The molecule has 1 aliphatic heterocycles. The van der Waals surface area contributed by atoms with Gasteiger partial charge in [-0.25, -0.2) is 8.78 Å². The zero-order chi connectivity index (χ0) is 14.1. The summed E-state index contributed by atoms with van der Waals surface area (Å²) in [6.45, 7) is 3.04. The van der Waals surface area contributed by atoms with Crippen molar-refractivity contribution < 1.29 is 8.78 Å². The molecule has 0 amide bonds. The van der Waals surface area contributed by atoms with E-state index >= 15 is 0 Å². The first-order chi connectivity index (χ1) is 9.69. The number of rotatable bonds is 3. The lowest BCUT2D eigenvalue weighted by atomic mass is 9.85. The average molecular weight is 279 g/mol. The second-order valence-electron chi connectivity index (χ2n) is 5.57. The van der Waals surface area contributed by atoms with Crippen LogP contribution < -0.4 is 0 Å². The molecule has 3 nitrogen and oxygen atoms in total. The van der Waals surface area contributed by atoms with Crippen molar-refractivity contribution in [3.63, 3.8) is 0 Å². The number of hydrogen-bond acceptors (Lipinski definition) is 2. The van der Waals surface area contributed by atoms with E-state index in [0.717, 1.165) is 35.0 Å². The molecule has 1 aromatic heterocycles. The maximum atomic E-state index is 14.4. The van der Waals surface area contributed by atoms with Crippen molar-refractivity contribution in [3.8, 4) is 0 Å². The molecule has 3 rings (SSSR count). The molecular formula is C15H19F2N3. The Morgan fingerprint density at radius 1 is 1.45 bits per heavy atom. The number of nitrogens with zero attached hydrogens (tertiary/aromatic N) is 2. The summed E-state index contributed by atoms with van der Waals surface area (Å²) in [5.74, 6) is -0.0986. The van der Waals surface area contributed by atoms with Crippen LogP contribution in [0.15, 0.2) is 18.3 Å². The Balaban J connectivity index is 1.85. The van der Waals surface area contributed by atoms with E-state index in [1.807, 2.05) is 17.9 Å². The van der Waals surface area contributed by atoms with E-state index in [1.165, 1.54) is 0 Å². The van der Waals surface area contributed by atoms with Crippen molar-refractivity contribution in [2.75, 3.05) is 26.3 Å². The molecule has 20 heavy (non-hydrogen) atoms. The predicted octanol–water partition coefficient (Wildman–Crippen LogP) is 2.97. The second kappa shape index (κ2) is 5.48. The zero-order valence-corrected chi connectivity index (χ0v) is 11.6. The highest BCUT2D eigenvalue weighted by Gasteiger charge is 2.31. The first kappa shape index (κ1) is 13.5. The SMILES string of the molecule is Cc1cc2cn[nH]c2cc1[C@H]1CCN(CCF)C[C@H]1F. The van der Waals surface area contributed by atoms with Crippen LogP contribution in [-0.2, 0) is 0 Å². The third kappa shape index (κ3) is 2.42. The lowest BCUT2D eigenvalue weighted by Crippen LogP contribution is -2.41. The topological polar surface area (TPSA) is 31.9 Å². The molecule has 2 atom stereocenters. The number of halogens is 2. The minimum absolute atomic E-state index is 0.0986. The fourth-order valence-corrected chi connectivity index (χ4v) is 3.16. The minimum Gasteiger partial charge on any atom is -0.298 e. The van der Waals surface area contributed by atoms with Crippen LogP contribution in [0, 0.1) is 6.92 Å². The molecule has 1 fully saturated rings. The molecule has 1 saturated heterocycles. The fourth-order valence-electron chi connectivity index (χ4n) is 3.16. The molecule has 2 heterocycles. The maximum absolute atomic E-state index is 14.4. The third-order valence-electron chi connectivity index (χ3n) is 4.25. The highest BCUT2D eigenvalue weighted by Crippen LogP contribution is 2.34. The highest BCUT2D eigenvalue weighted by atomic mass is 19.1. The van der Waals surface area contributed by atoms with Gasteiger partial charge in [0.25, 0.3) is 0 Å². The van der Waals surface area contributed by atoms with Crippen LogP contribution >= 0.6 is 0 Å². The van der Waals surface area contributed by atoms with E-state index in [-0.39, 0.29) is 5.92 Å². The molecule has 5 heteroatoms. The Morgan fingerprint density at radius 3 is 3.05 bits per heavy atom. The molecule has 108 valence electrons. The summed E-state index contributed by atoms with van der Waals surface area (Å²) in [6.07, 6.45) is 1.58. The standard InChI is InChI=1S/C15H19F2N3/c1-10-6-11-8-18-19-15(11)7-13(10)12-2-4-20(5-3-16)9-14(12)17/h6-8,12,14H,2-5,9H2,1H3,(H,18,19)/t12-,14-/m1/s1. The molecule has 0 aliphatic carbocycles. The average Bonchev–Trinajstić information content (AvgIpc) is 2.86. The summed E-state index contributed by atoms with van der Waals surface area (Å²) in [7, 11) is 0. The normalized spacial score (nSPS) is 24.4. The van der Waals surface area contributed by atoms with Gasteiger partial charge in [-0.3, -0.25) is 10.00 Å². The number of H-pyrrole nitrogens is 1. The molecule has 0 saturated carbocycles. The van der Waals surface area contributed by atoms with Crippen molar-refractivity contribution in [1.82, 2.24) is 15.1 Å². The molecule has 0 spiro atoms. The molecule has 0 bridgehead atoms. The van der Waals surface area contributed by atoms with Crippen LogP contribution in [0.2, 0.25) is 0 Å². The monoisotopic (exact) mass is 279 g/mol. The number of fused-ring (bicyclic) bond motifs is 1. The van der Waals surface area contributed by atoms with Crippen LogP contribution in [0.25, 0.3) is 10.9 Å². The van der Waals surface area contributed by atoms with E-state index in [2.05, 4.69) is 16.3 Å². The molecule has 1 aromatic carbocycles. The predicted molar refractivity (Wildman–Crippen MR) is 75.5 cm³/mol. The van der Waals surface area contributed by atoms with Gasteiger partial charge in [-0.2, -0.15) is 5.10 Å². The number of aryl methyl sites for hydroxylation is 1. The van der Waals surface area contributed by atoms with Gasteiger partial charge in [0.1, 0.15) is 12.8 Å². The van der Waals surface area contributed by atoms with Crippen molar-refractivity contribution in [1.29, 1.82) is 0 Å². The van der Waals surface area contributed by atoms with Gasteiger partial charge in [0.2, 0.25) is 0 Å². The van der Waals surface area contributed by atoms with Crippen LogP contribution in [0.1, 0.15) is 23.5 Å². The van der Waals surface area contributed by atoms with Crippen molar-refractivity contribution in [2.24, 2.45) is 0 Å². The van der Waals surface area contributed by atoms with E-state index < -0.39 is 12.8 Å². The number of benzene rings is 1. The van der Waals surface area contributed by atoms with E-state index in [1.54, 1.807) is 6.20 Å². The second-order valence-corrected chi connectivity index (χ2v) is 5.57. The highest BCUT2D eigenvalue weighted by molar-refractivity contribution is 5.79. The van der Waals surface area contributed by atoms with Gasteiger partial charge in [-0.1, -0.05) is 0 Å². The fraction of sp³-hybridized carbons (Fsp3) is 0.533. The molecule has 0 unspecified atom stereocenters. The van der Waals surface area contributed by atoms with E-state index in [9.17, 15) is 8.78 Å². The molecular weight excluding hydrogens is 260 g/mol. The molecule has 1 aliphatic rings. The number of alkyl halides is 2. The Hall–Kier alpha value is -1.49. The Bertz CT molecular complexity index is 596. The number of aromatic amines is 1. The Kier molecular flexibility index (Phi) is 3.70. The van der Waals surface area contributed by atoms with Crippen LogP contribution in [-0.4, -0.2) is 47.6 Å². The third-order valence-corrected chi connectivity index (χ3v) is 4.25. The van der Waals surface area contributed by atoms with Gasteiger partial charge in [0, 0.05) is 24.4 Å². The Labute approximate surface area is 117 Å².